The van der Waals surface area contributed by atoms with Gasteiger partial charge < -0.3 is 4.74 Å². The molecule has 0 bridgehead atoms. The lowest BCUT2D eigenvalue weighted by Crippen LogP contribution is -2.18. The second kappa shape index (κ2) is 5.39. The molecule has 1 N–H and O–H groups in total. The molecule has 0 radical (unpaired) electrons. The molecule has 4 nitrogen and oxygen atoms in total. The first-order valence-corrected chi connectivity index (χ1v) is 5.12. The molecule has 0 spiro atoms. The lowest BCUT2D eigenvalue weighted by atomic mass is 10.3. The number of hydrogen-bond acceptors (Lipinski definition) is 4. The van der Waals surface area contributed by atoms with E-state index in [9.17, 15) is 4.79 Å². The van der Waals surface area contributed by atoms with Gasteiger partial charge in [-0.15, -0.1) is 11.3 Å². The van der Waals surface area contributed by atoms with Gasteiger partial charge in [-0.3, -0.25) is 0 Å². The van der Waals surface area contributed by atoms with E-state index in [0.717, 1.165) is 5.56 Å². The Bertz CT molecular complexity index is 333. The van der Waals surface area contributed by atoms with E-state index in [0.29, 0.717) is 6.61 Å². The van der Waals surface area contributed by atoms with Crippen molar-refractivity contribution in [2.45, 2.75) is 13.8 Å². The van der Waals surface area contributed by atoms with Crippen LogP contribution in [-0.4, -0.2) is 18.9 Å². The number of hydrazone groups is 1. The van der Waals surface area contributed by atoms with Crippen LogP contribution in [0.15, 0.2) is 16.5 Å². The first-order valence-electron chi connectivity index (χ1n) is 4.24. The molecule has 0 atom stereocenters. The van der Waals surface area contributed by atoms with Gasteiger partial charge in [0.2, 0.25) is 0 Å². The van der Waals surface area contributed by atoms with Gasteiger partial charge in [-0.25, -0.2) is 10.2 Å². The van der Waals surface area contributed by atoms with Crippen LogP contribution in [0.4, 0.5) is 4.79 Å². The highest BCUT2D eigenvalue weighted by atomic mass is 32.1. The predicted molar refractivity (Wildman–Crippen MR) is 56.8 cm³/mol. The number of thiophene rings is 1. The standard InChI is InChI=1S/C9H12N2O2S/c1-3-13-9(12)11-10-6-8-4-5-14-7(8)2/h4-6H,3H2,1-2H3,(H,11,12)/b10-6-. The highest BCUT2D eigenvalue weighted by Gasteiger charge is 1.97. The summed E-state index contributed by atoms with van der Waals surface area (Å²) in [6, 6.07) is 1.94. The highest BCUT2D eigenvalue weighted by Crippen LogP contribution is 2.12. The van der Waals surface area contributed by atoms with Crippen molar-refractivity contribution in [3.8, 4) is 0 Å². The van der Waals surface area contributed by atoms with E-state index in [1.807, 2.05) is 18.4 Å². The van der Waals surface area contributed by atoms with Gasteiger partial charge in [0.15, 0.2) is 0 Å². The zero-order valence-electron chi connectivity index (χ0n) is 8.11. The van der Waals surface area contributed by atoms with Crippen LogP contribution in [0.25, 0.3) is 0 Å². The minimum Gasteiger partial charge on any atom is -0.449 e. The summed E-state index contributed by atoms with van der Waals surface area (Å²) in [6.07, 6.45) is 1.07. The summed E-state index contributed by atoms with van der Waals surface area (Å²) in [5.41, 5.74) is 3.27. The van der Waals surface area contributed by atoms with Crippen molar-refractivity contribution < 1.29 is 9.53 Å². The van der Waals surface area contributed by atoms with Gasteiger partial charge in [-0.2, -0.15) is 5.10 Å². The Kier molecular flexibility index (Phi) is 4.12. The minimum atomic E-state index is -0.531. The first kappa shape index (κ1) is 10.7. The van der Waals surface area contributed by atoms with Crippen LogP contribution in [-0.2, 0) is 4.74 Å². The zero-order chi connectivity index (χ0) is 10.4. The molecule has 0 fully saturated rings. The summed E-state index contributed by atoms with van der Waals surface area (Å²) in [4.78, 5) is 12.0. The molecular weight excluding hydrogens is 200 g/mol. The summed E-state index contributed by atoms with van der Waals surface area (Å²) in [7, 11) is 0. The number of rotatable bonds is 3. The topological polar surface area (TPSA) is 50.7 Å². The van der Waals surface area contributed by atoms with Crippen molar-refractivity contribution in [2.75, 3.05) is 6.61 Å². The summed E-state index contributed by atoms with van der Waals surface area (Å²) in [5, 5.41) is 5.72. The lowest BCUT2D eigenvalue weighted by Gasteiger charge is -1.98. The molecule has 14 heavy (non-hydrogen) atoms. The van der Waals surface area contributed by atoms with E-state index in [4.69, 9.17) is 0 Å². The van der Waals surface area contributed by atoms with Gasteiger partial charge in [-0.1, -0.05) is 0 Å². The van der Waals surface area contributed by atoms with E-state index in [-0.39, 0.29) is 0 Å². The Morgan fingerprint density at radius 3 is 3.14 bits per heavy atom. The number of aryl methyl sites for hydroxylation is 1. The van der Waals surface area contributed by atoms with E-state index in [1.54, 1.807) is 24.5 Å². The summed E-state index contributed by atoms with van der Waals surface area (Å²) in [5.74, 6) is 0. The monoisotopic (exact) mass is 212 g/mol. The second-order valence-corrected chi connectivity index (χ2v) is 3.64. The number of nitrogens with one attached hydrogen (secondary N) is 1. The van der Waals surface area contributed by atoms with Crippen molar-refractivity contribution in [2.24, 2.45) is 5.10 Å². The van der Waals surface area contributed by atoms with E-state index < -0.39 is 6.09 Å². The molecule has 1 aromatic rings. The number of carbonyl (C=O) groups is 1. The summed E-state index contributed by atoms with van der Waals surface area (Å²) in [6.45, 7) is 4.08. The third-order valence-corrected chi connectivity index (χ3v) is 2.40. The largest absolute Gasteiger partial charge is 0.449 e. The Labute approximate surface area is 86.6 Å². The SMILES string of the molecule is CCOC(=O)N/N=C\c1ccsc1C. The fourth-order valence-corrected chi connectivity index (χ4v) is 1.52. The number of carbonyl (C=O) groups excluding carboxylic acids is 1. The normalized spacial score (nSPS) is 10.4. The van der Waals surface area contributed by atoms with Crippen LogP contribution >= 0.6 is 11.3 Å². The maximum absolute atomic E-state index is 10.8. The molecule has 0 saturated heterocycles. The molecule has 0 unspecified atom stereocenters. The van der Waals surface area contributed by atoms with E-state index in [1.165, 1.54) is 4.88 Å². The van der Waals surface area contributed by atoms with Gasteiger partial charge in [0.05, 0.1) is 12.8 Å². The van der Waals surface area contributed by atoms with Gasteiger partial charge in [0.25, 0.3) is 0 Å². The fraction of sp³-hybridized carbons (Fsp3) is 0.333. The molecule has 76 valence electrons. The van der Waals surface area contributed by atoms with Gasteiger partial charge in [0.1, 0.15) is 0 Å². The van der Waals surface area contributed by atoms with Crippen molar-refractivity contribution in [1.29, 1.82) is 0 Å². The number of ether oxygens (including phenoxy) is 1. The first-order chi connectivity index (χ1) is 6.74. The Morgan fingerprint density at radius 2 is 2.57 bits per heavy atom. The Morgan fingerprint density at radius 1 is 1.79 bits per heavy atom. The van der Waals surface area contributed by atoms with Gasteiger partial charge >= 0.3 is 6.09 Å². The molecule has 1 amide bonds. The molecule has 0 saturated carbocycles. The van der Waals surface area contributed by atoms with Gasteiger partial charge in [-0.05, 0) is 25.3 Å². The Hall–Kier alpha value is -1.36. The molecular formula is C9H12N2O2S. The van der Waals surface area contributed by atoms with Crippen molar-refractivity contribution in [3.63, 3.8) is 0 Å². The van der Waals surface area contributed by atoms with E-state index in [2.05, 4.69) is 15.3 Å². The number of nitrogens with zero attached hydrogens (tertiary/aromatic N) is 1. The van der Waals surface area contributed by atoms with Crippen LogP contribution in [0, 0.1) is 6.92 Å². The number of hydrogen-bond donors (Lipinski definition) is 1. The number of amides is 1. The minimum absolute atomic E-state index is 0.346. The van der Waals surface area contributed by atoms with Crippen molar-refractivity contribution in [3.05, 3.63) is 21.9 Å². The smallest absolute Gasteiger partial charge is 0.427 e. The molecule has 5 heteroatoms. The van der Waals surface area contributed by atoms with Crippen molar-refractivity contribution in [1.82, 2.24) is 5.43 Å². The molecule has 0 aromatic carbocycles. The van der Waals surface area contributed by atoms with Crippen molar-refractivity contribution >= 4 is 23.6 Å². The van der Waals surface area contributed by atoms with Crippen LogP contribution in [0.5, 0.6) is 0 Å². The molecule has 0 aliphatic heterocycles. The average molecular weight is 212 g/mol. The molecule has 0 aliphatic rings. The third-order valence-electron chi connectivity index (χ3n) is 1.53. The average Bonchev–Trinajstić information content (AvgIpc) is 2.52. The van der Waals surface area contributed by atoms with E-state index >= 15 is 0 Å². The van der Waals surface area contributed by atoms with Crippen LogP contribution < -0.4 is 5.43 Å². The fourth-order valence-electron chi connectivity index (χ4n) is 0.847. The predicted octanol–water partition coefficient (Wildman–Crippen LogP) is 2.14. The Balaban J connectivity index is 2.42. The summed E-state index contributed by atoms with van der Waals surface area (Å²) < 4.78 is 4.63. The molecule has 1 heterocycles. The maximum Gasteiger partial charge on any atom is 0.427 e. The highest BCUT2D eigenvalue weighted by molar-refractivity contribution is 7.10. The van der Waals surface area contributed by atoms with Crippen LogP contribution in [0.3, 0.4) is 0 Å². The van der Waals surface area contributed by atoms with Crippen LogP contribution in [0.1, 0.15) is 17.4 Å². The summed E-state index contributed by atoms with van der Waals surface area (Å²) >= 11 is 1.64. The molecule has 0 aliphatic carbocycles. The van der Waals surface area contributed by atoms with Gasteiger partial charge in [0, 0.05) is 10.4 Å². The second-order valence-electron chi connectivity index (χ2n) is 2.52. The molecule has 1 rings (SSSR count). The lowest BCUT2D eigenvalue weighted by molar-refractivity contribution is 0.152. The maximum atomic E-state index is 10.8. The zero-order valence-corrected chi connectivity index (χ0v) is 8.93. The quantitative estimate of drug-likeness (QED) is 0.616. The molecule has 1 aromatic heterocycles. The van der Waals surface area contributed by atoms with Crippen LogP contribution in [0.2, 0.25) is 0 Å². The third kappa shape index (κ3) is 3.18.